The number of aliphatic imine (C=N–C) groups is 1. The zero-order chi connectivity index (χ0) is 18.3. The molecule has 1 heterocycles. The quantitative estimate of drug-likeness (QED) is 0.663. The summed E-state index contributed by atoms with van der Waals surface area (Å²) in [5, 5.41) is 2.32. The topological polar surface area (TPSA) is 88.1 Å². The smallest absolute Gasteiger partial charge is 0.331 e. The fourth-order valence-electron chi connectivity index (χ4n) is 4.43. The Morgan fingerprint density at radius 3 is 2.77 bits per heavy atom. The Balaban J connectivity index is 1.55. The van der Waals surface area contributed by atoms with Gasteiger partial charge in [0.05, 0.1) is 12.8 Å². The highest BCUT2D eigenvalue weighted by molar-refractivity contribution is 6.23. The molecule has 1 aromatic rings. The van der Waals surface area contributed by atoms with Crippen LogP contribution < -0.4 is 10.1 Å². The molecule has 3 fully saturated rings. The summed E-state index contributed by atoms with van der Waals surface area (Å²) in [4.78, 5) is 42.9. The maximum Gasteiger partial charge on any atom is 0.331 e. The van der Waals surface area contributed by atoms with E-state index < -0.39 is 23.8 Å². The van der Waals surface area contributed by atoms with Gasteiger partial charge >= 0.3 is 6.03 Å². The number of nitrogens with zero attached hydrogens (tertiary/aromatic N) is 2. The van der Waals surface area contributed by atoms with Crippen molar-refractivity contribution >= 4 is 29.7 Å². The van der Waals surface area contributed by atoms with Crippen LogP contribution in [-0.4, -0.2) is 42.1 Å². The molecule has 0 radical (unpaired) electrons. The van der Waals surface area contributed by atoms with Crippen molar-refractivity contribution in [3.05, 3.63) is 24.3 Å². The Morgan fingerprint density at radius 2 is 2.08 bits per heavy atom. The summed E-state index contributed by atoms with van der Waals surface area (Å²) in [7, 11) is 1.56. The Bertz CT molecular complexity index is 791. The Labute approximate surface area is 151 Å². The van der Waals surface area contributed by atoms with Gasteiger partial charge in [0.2, 0.25) is 11.8 Å². The molecule has 1 aromatic carbocycles. The SMILES string of the molecule is COc1cccc(N=C[C@H]2C(=O)NC(=O)N([C@@H]3C[C@H]4CC[C@H]3C4)C2=O)c1. The highest BCUT2D eigenvalue weighted by atomic mass is 16.5. The summed E-state index contributed by atoms with van der Waals surface area (Å²) in [5.41, 5.74) is 0.577. The molecule has 1 saturated heterocycles. The van der Waals surface area contributed by atoms with Crippen molar-refractivity contribution in [1.82, 2.24) is 10.2 Å². The number of methoxy groups -OCH3 is 1. The zero-order valence-corrected chi connectivity index (χ0v) is 14.6. The molecule has 4 atom stereocenters. The van der Waals surface area contributed by atoms with Crippen molar-refractivity contribution in [1.29, 1.82) is 0 Å². The number of hydrogen-bond acceptors (Lipinski definition) is 5. The minimum Gasteiger partial charge on any atom is -0.497 e. The second-order valence-electron chi connectivity index (χ2n) is 7.20. The number of carbonyl (C=O) groups is 3. The maximum absolute atomic E-state index is 12.9. The predicted molar refractivity (Wildman–Crippen MR) is 94.3 cm³/mol. The van der Waals surface area contributed by atoms with Crippen molar-refractivity contribution in [2.45, 2.75) is 31.7 Å². The number of imide groups is 2. The molecule has 2 aliphatic carbocycles. The maximum atomic E-state index is 12.9. The number of amides is 4. The number of ether oxygens (including phenoxy) is 1. The van der Waals surface area contributed by atoms with Crippen LogP contribution in [0.15, 0.2) is 29.3 Å². The van der Waals surface area contributed by atoms with Gasteiger partial charge in [0.1, 0.15) is 5.75 Å². The van der Waals surface area contributed by atoms with Crippen molar-refractivity contribution in [2.75, 3.05) is 7.11 Å². The third-order valence-electron chi connectivity index (χ3n) is 5.69. The lowest BCUT2D eigenvalue weighted by Crippen LogP contribution is -2.62. The number of carbonyl (C=O) groups excluding carboxylic acids is 3. The fraction of sp³-hybridized carbons (Fsp3) is 0.474. The van der Waals surface area contributed by atoms with Crippen LogP contribution in [-0.2, 0) is 9.59 Å². The molecule has 1 N–H and O–H groups in total. The molecule has 0 unspecified atom stereocenters. The number of hydrogen-bond donors (Lipinski definition) is 1. The summed E-state index contributed by atoms with van der Waals surface area (Å²) in [6, 6.07) is 6.33. The van der Waals surface area contributed by atoms with E-state index in [1.807, 2.05) is 0 Å². The van der Waals surface area contributed by atoms with Crippen molar-refractivity contribution < 1.29 is 19.1 Å². The van der Waals surface area contributed by atoms with Crippen LogP contribution in [0.3, 0.4) is 0 Å². The highest BCUT2D eigenvalue weighted by Gasteiger charge is 2.50. The fourth-order valence-corrected chi connectivity index (χ4v) is 4.43. The first-order valence-corrected chi connectivity index (χ1v) is 8.93. The third kappa shape index (κ3) is 2.87. The number of fused-ring (bicyclic) bond motifs is 2. The van der Waals surface area contributed by atoms with E-state index in [0.717, 1.165) is 19.3 Å². The molecule has 0 aromatic heterocycles. The van der Waals surface area contributed by atoms with Gasteiger partial charge in [-0.3, -0.25) is 24.8 Å². The lowest BCUT2D eigenvalue weighted by Gasteiger charge is -2.36. The van der Waals surface area contributed by atoms with E-state index in [1.54, 1.807) is 31.4 Å². The molecule has 7 nitrogen and oxygen atoms in total. The van der Waals surface area contributed by atoms with Gasteiger partial charge in [-0.15, -0.1) is 0 Å². The van der Waals surface area contributed by atoms with E-state index in [2.05, 4.69) is 10.3 Å². The monoisotopic (exact) mass is 355 g/mol. The summed E-state index contributed by atoms with van der Waals surface area (Å²) in [5.74, 6) is -0.587. The standard InChI is InChI=1S/C19H21N3O4/c1-26-14-4-2-3-13(9-14)20-10-15-17(23)21-19(25)22(18(15)24)16-8-11-5-6-12(16)7-11/h2-4,9-12,15-16H,5-8H2,1H3,(H,21,23,25)/t11-,12-,15-,16+/m0/s1. The van der Waals surface area contributed by atoms with Gasteiger partial charge in [-0.1, -0.05) is 12.5 Å². The number of urea groups is 1. The van der Waals surface area contributed by atoms with Crippen LogP contribution in [0.4, 0.5) is 10.5 Å². The molecule has 0 spiro atoms. The van der Waals surface area contributed by atoms with Crippen molar-refractivity contribution in [3.8, 4) is 5.75 Å². The molecule has 2 bridgehead atoms. The van der Waals surface area contributed by atoms with Crippen molar-refractivity contribution in [3.63, 3.8) is 0 Å². The third-order valence-corrected chi connectivity index (χ3v) is 5.69. The van der Waals surface area contributed by atoms with Crippen LogP contribution >= 0.6 is 0 Å². The molecule has 2 saturated carbocycles. The van der Waals surface area contributed by atoms with Crippen molar-refractivity contribution in [2.24, 2.45) is 22.7 Å². The second kappa shape index (κ2) is 6.55. The zero-order valence-electron chi connectivity index (χ0n) is 14.6. The average Bonchev–Trinajstić information content (AvgIpc) is 3.25. The minimum atomic E-state index is -1.09. The molecule has 1 aliphatic heterocycles. The number of nitrogens with one attached hydrogen (secondary N) is 1. The first-order chi connectivity index (χ1) is 12.6. The summed E-state index contributed by atoms with van der Waals surface area (Å²) < 4.78 is 5.14. The molecule has 4 rings (SSSR count). The van der Waals surface area contributed by atoms with Crippen LogP contribution in [0.25, 0.3) is 0 Å². The second-order valence-corrected chi connectivity index (χ2v) is 7.20. The van der Waals surface area contributed by atoms with Gasteiger partial charge in [-0.2, -0.15) is 0 Å². The van der Waals surface area contributed by atoms with Gasteiger partial charge in [0.15, 0.2) is 5.92 Å². The Kier molecular flexibility index (Phi) is 4.22. The molecule has 7 heteroatoms. The van der Waals surface area contributed by atoms with Gasteiger partial charge < -0.3 is 4.74 Å². The summed E-state index contributed by atoms with van der Waals surface area (Å²) in [6.45, 7) is 0. The molecule has 3 aliphatic rings. The number of barbiturate groups is 1. The van der Waals surface area contributed by atoms with Gasteiger partial charge in [0.25, 0.3) is 0 Å². The van der Waals surface area contributed by atoms with E-state index in [0.29, 0.717) is 23.3 Å². The normalized spacial score (nSPS) is 31.0. The Morgan fingerprint density at radius 1 is 1.23 bits per heavy atom. The lowest BCUT2D eigenvalue weighted by atomic mass is 9.92. The van der Waals surface area contributed by atoms with Gasteiger partial charge in [-0.25, -0.2) is 4.79 Å². The van der Waals surface area contributed by atoms with Crippen LogP contribution in [0.2, 0.25) is 0 Å². The molecular formula is C19H21N3O4. The summed E-state index contributed by atoms with van der Waals surface area (Å²) >= 11 is 0. The van der Waals surface area contributed by atoms with Crippen LogP contribution in [0.5, 0.6) is 5.75 Å². The first-order valence-electron chi connectivity index (χ1n) is 8.93. The van der Waals surface area contributed by atoms with Crippen LogP contribution in [0, 0.1) is 17.8 Å². The largest absolute Gasteiger partial charge is 0.497 e. The van der Waals surface area contributed by atoms with Crippen LogP contribution in [0.1, 0.15) is 25.7 Å². The van der Waals surface area contributed by atoms with E-state index >= 15 is 0 Å². The lowest BCUT2D eigenvalue weighted by molar-refractivity contribution is -0.141. The minimum absolute atomic E-state index is 0.0953. The average molecular weight is 355 g/mol. The van der Waals surface area contributed by atoms with E-state index in [-0.39, 0.29) is 6.04 Å². The predicted octanol–water partition coefficient (Wildman–Crippen LogP) is 2.28. The summed E-state index contributed by atoms with van der Waals surface area (Å²) in [6.07, 6.45) is 5.45. The highest BCUT2D eigenvalue weighted by Crippen LogP contribution is 2.47. The molecular weight excluding hydrogens is 334 g/mol. The molecule has 4 amide bonds. The first kappa shape index (κ1) is 16.8. The van der Waals surface area contributed by atoms with Gasteiger partial charge in [-0.05, 0) is 43.2 Å². The van der Waals surface area contributed by atoms with E-state index in [1.165, 1.54) is 17.5 Å². The van der Waals surface area contributed by atoms with E-state index in [9.17, 15) is 14.4 Å². The van der Waals surface area contributed by atoms with E-state index in [4.69, 9.17) is 4.74 Å². The number of rotatable bonds is 4. The number of benzene rings is 1. The molecule has 136 valence electrons. The Hall–Kier alpha value is -2.70. The molecule has 26 heavy (non-hydrogen) atoms. The van der Waals surface area contributed by atoms with Gasteiger partial charge in [0, 0.05) is 18.3 Å².